The minimum Gasteiger partial charge on any atom is -0.489 e. The number of aromatic amines is 1. The molecule has 0 radical (unpaired) electrons. The number of aromatic nitrogens is 2. The van der Waals surface area contributed by atoms with Gasteiger partial charge in [-0.05, 0) is 104 Å². The number of hydrogen-bond acceptors (Lipinski definition) is 14. The van der Waals surface area contributed by atoms with E-state index in [1.54, 1.807) is 12.3 Å². The van der Waals surface area contributed by atoms with Crippen LogP contribution >= 0.6 is 11.6 Å². The van der Waals surface area contributed by atoms with E-state index in [0.717, 1.165) is 67.7 Å². The normalized spacial score (nSPS) is 24.0. The summed E-state index contributed by atoms with van der Waals surface area (Å²) in [5.74, 6) is 0.506. The lowest BCUT2D eigenvalue weighted by Gasteiger charge is -2.43. The van der Waals surface area contributed by atoms with Gasteiger partial charge in [0.15, 0.2) is 11.4 Å². The number of nitro benzene ring substituents is 1. The number of nitrogens with one attached hydrogen (secondary N) is 3. The average Bonchev–Trinajstić information content (AvgIpc) is 3.79. The molecule has 1 aliphatic carbocycles. The molecule has 3 fully saturated rings. The maximum absolute atomic E-state index is 14.5. The number of pyridine rings is 1. The van der Waals surface area contributed by atoms with Gasteiger partial charge in [-0.1, -0.05) is 37.6 Å². The number of nitrogens with zero attached hydrogens (tertiary/aromatic N) is 5. The third-order valence-corrected chi connectivity index (χ3v) is 15.8. The Hall–Kier alpha value is -5.66. The van der Waals surface area contributed by atoms with E-state index in [-0.39, 0.29) is 36.3 Å². The highest BCUT2D eigenvalue weighted by molar-refractivity contribution is 7.90. The molecule has 5 atom stereocenters. The second-order valence-corrected chi connectivity index (χ2v) is 21.6. The summed E-state index contributed by atoms with van der Waals surface area (Å²) in [4.78, 5) is 40.4. The Morgan fingerprint density at radius 2 is 1.82 bits per heavy atom. The summed E-state index contributed by atoms with van der Waals surface area (Å²) in [6, 6.07) is 19.3. The fourth-order valence-electron chi connectivity index (χ4n) is 10.6. The van der Waals surface area contributed by atoms with Crippen molar-refractivity contribution in [3.63, 3.8) is 0 Å². The zero-order valence-corrected chi connectivity index (χ0v) is 40.0. The first-order valence-electron chi connectivity index (χ1n) is 23.5. The number of benzene rings is 3. The number of H-pyrrole nitrogens is 1. The van der Waals surface area contributed by atoms with Crippen molar-refractivity contribution in [3.05, 3.63) is 99.2 Å². The van der Waals surface area contributed by atoms with Crippen molar-refractivity contribution in [3.8, 4) is 11.6 Å². The summed E-state index contributed by atoms with van der Waals surface area (Å²) in [7, 11) is -4.69. The molecule has 2 saturated heterocycles. The Morgan fingerprint density at radius 1 is 1.01 bits per heavy atom. The maximum atomic E-state index is 14.5. The highest BCUT2D eigenvalue weighted by Crippen LogP contribution is 2.49. The number of amides is 1. The molecule has 17 nitrogen and oxygen atoms in total. The number of fused-ring (bicyclic) bond motifs is 3. The predicted octanol–water partition coefficient (Wildman–Crippen LogP) is 7.87. The molecule has 3 N–H and O–H groups in total. The van der Waals surface area contributed by atoms with Gasteiger partial charge in [0.05, 0.1) is 53.5 Å². The Morgan fingerprint density at radius 3 is 2.59 bits per heavy atom. The number of anilines is 4. The van der Waals surface area contributed by atoms with Gasteiger partial charge >= 0.3 is 0 Å². The van der Waals surface area contributed by atoms with Gasteiger partial charge in [0.2, 0.25) is 5.88 Å². The Kier molecular flexibility index (Phi) is 12.7. The number of carbonyl (C=O) groups excluding carboxylic acids is 1. The molecule has 68 heavy (non-hydrogen) atoms. The number of nitro groups is 1. The summed E-state index contributed by atoms with van der Waals surface area (Å²) in [6.45, 7) is 12.4. The van der Waals surface area contributed by atoms with Crippen molar-refractivity contribution in [2.24, 2.45) is 11.3 Å². The summed E-state index contributed by atoms with van der Waals surface area (Å²) in [6.07, 6.45) is 5.72. The Labute approximate surface area is 400 Å². The van der Waals surface area contributed by atoms with E-state index >= 15 is 0 Å². The second-order valence-electron chi connectivity index (χ2n) is 19.5. The molecule has 360 valence electrons. The first-order valence-corrected chi connectivity index (χ1v) is 25.3. The first-order chi connectivity index (χ1) is 32.7. The molecular formula is C49H57ClN8O9S. The van der Waals surface area contributed by atoms with Gasteiger partial charge in [-0.15, -0.1) is 0 Å². The zero-order valence-electron chi connectivity index (χ0n) is 38.4. The van der Waals surface area contributed by atoms with Gasteiger partial charge in [0.1, 0.15) is 30.1 Å². The summed E-state index contributed by atoms with van der Waals surface area (Å²) < 4.78 is 53.9. The van der Waals surface area contributed by atoms with Gasteiger partial charge in [-0.2, -0.15) is 4.98 Å². The van der Waals surface area contributed by atoms with E-state index in [1.807, 2.05) is 48.2 Å². The van der Waals surface area contributed by atoms with E-state index in [2.05, 4.69) is 50.8 Å². The lowest BCUT2D eigenvalue weighted by atomic mass is 9.64. The number of piperazine rings is 1. The molecule has 19 heteroatoms. The van der Waals surface area contributed by atoms with Gasteiger partial charge in [0.25, 0.3) is 21.6 Å². The van der Waals surface area contributed by atoms with Crippen LogP contribution in [0.1, 0.15) is 68.3 Å². The van der Waals surface area contributed by atoms with Crippen LogP contribution in [0, 0.1) is 21.4 Å². The van der Waals surface area contributed by atoms with Crippen LogP contribution in [0.3, 0.4) is 0 Å². The number of carbonyl (C=O) groups is 1. The van der Waals surface area contributed by atoms with Crippen molar-refractivity contribution >= 4 is 67.0 Å². The van der Waals surface area contributed by atoms with Gasteiger partial charge < -0.3 is 39.0 Å². The minimum absolute atomic E-state index is 0.0193. The van der Waals surface area contributed by atoms with Crippen LogP contribution in [-0.2, 0) is 19.5 Å². The highest BCUT2D eigenvalue weighted by atomic mass is 35.5. The SMILES string of the molecule is C[C@@H]1CN(c2cc(N3CCN(CCC4CCC(C)(C)CC4c4ccc(Cl)cc4)CC3)ccc2C(=O)NS(=O)(=O)c2cc3c(c([N+](=O)[O-])c2)N[C@@H]([C@H]2COCCO2)CO3)c2cc3cc[nH]c3nc2O1. The first kappa shape index (κ1) is 46.1. The quantitative estimate of drug-likeness (QED) is 0.0855. The second kappa shape index (κ2) is 18.7. The lowest BCUT2D eigenvalue weighted by molar-refractivity contribution is -0.384. The molecule has 4 aliphatic heterocycles. The number of ether oxygens (including phenoxy) is 4. The monoisotopic (exact) mass is 968 g/mol. The Balaban J connectivity index is 0.900. The average molecular weight is 970 g/mol. The molecule has 3 aromatic carbocycles. The van der Waals surface area contributed by atoms with E-state index in [0.29, 0.717) is 59.9 Å². The molecule has 5 aliphatic rings. The molecule has 0 spiro atoms. The predicted molar refractivity (Wildman–Crippen MR) is 259 cm³/mol. The molecule has 10 rings (SSSR count). The molecule has 1 saturated carbocycles. The van der Waals surface area contributed by atoms with E-state index in [9.17, 15) is 23.3 Å². The number of rotatable bonds is 11. The number of sulfonamides is 1. The van der Waals surface area contributed by atoms with Crippen molar-refractivity contribution in [1.82, 2.24) is 19.6 Å². The van der Waals surface area contributed by atoms with Gasteiger partial charge in [0, 0.05) is 60.6 Å². The van der Waals surface area contributed by atoms with Crippen LogP contribution in [0.4, 0.5) is 28.4 Å². The van der Waals surface area contributed by atoms with E-state index in [4.69, 9.17) is 35.5 Å². The molecular weight excluding hydrogens is 912 g/mol. The topological polar surface area (TPSA) is 194 Å². The molecule has 1 amide bonds. The fourth-order valence-corrected chi connectivity index (χ4v) is 11.7. The summed E-state index contributed by atoms with van der Waals surface area (Å²) in [5.41, 5.74) is 3.86. The summed E-state index contributed by atoms with van der Waals surface area (Å²) >= 11 is 6.28. The summed E-state index contributed by atoms with van der Waals surface area (Å²) in [5, 5.41) is 17.1. The van der Waals surface area contributed by atoms with Gasteiger partial charge in [-0.25, -0.2) is 13.1 Å². The van der Waals surface area contributed by atoms with Crippen molar-refractivity contribution < 1.29 is 37.1 Å². The zero-order chi connectivity index (χ0) is 47.3. The third-order valence-electron chi connectivity index (χ3n) is 14.3. The van der Waals surface area contributed by atoms with Crippen LogP contribution in [0.15, 0.2) is 77.8 Å². The van der Waals surface area contributed by atoms with Gasteiger partial charge in [-0.3, -0.25) is 19.8 Å². The fraction of sp³-hybridized carbons (Fsp3) is 0.469. The lowest BCUT2D eigenvalue weighted by Crippen LogP contribution is -2.47. The smallest absolute Gasteiger partial charge is 0.297 e. The third kappa shape index (κ3) is 9.53. The largest absolute Gasteiger partial charge is 0.489 e. The molecule has 6 heterocycles. The van der Waals surface area contributed by atoms with Crippen LogP contribution in [0.2, 0.25) is 5.02 Å². The van der Waals surface area contributed by atoms with Crippen LogP contribution in [0.5, 0.6) is 11.6 Å². The minimum atomic E-state index is -4.69. The van der Waals surface area contributed by atoms with E-state index in [1.165, 1.54) is 24.5 Å². The number of hydrogen-bond donors (Lipinski definition) is 3. The van der Waals surface area contributed by atoms with Crippen molar-refractivity contribution in [1.29, 1.82) is 0 Å². The Bertz CT molecular complexity index is 2810. The van der Waals surface area contributed by atoms with Crippen LogP contribution < -0.4 is 29.3 Å². The van der Waals surface area contributed by atoms with Crippen molar-refractivity contribution in [2.45, 2.75) is 75.5 Å². The van der Waals surface area contributed by atoms with E-state index < -0.39 is 43.6 Å². The van der Waals surface area contributed by atoms with Crippen LogP contribution in [0.25, 0.3) is 11.0 Å². The standard InChI is InChI=1S/C49H57ClN8O9S/c1-30-27-57(42-22-33-11-14-51-46(33)53-48(42)67-30)40-23-35(56-18-16-55(17-19-56)15-12-32-10-13-49(2,3)26-38(32)31-4-6-34(50)7-5-31)8-9-37(40)47(59)54-68(62,63)36-24-41(58(60)61)45-43(25-36)66-28-39(52-45)44-29-64-20-21-65-44/h4-9,11,14,22-25,30,32,38-39,44,52H,10,12-13,15-21,26-29H2,1-3H3,(H,51,53)(H,54,59)/t30-,32?,38?,39-,44-/m1/s1. The molecule has 2 aromatic heterocycles. The van der Waals surface area contributed by atoms with Crippen molar-refractivity contribution in [2.75, 3.05) is 80.8 Å². The number of halogens is 1. The maximum Gasteiger partial charge on any atom is 0.297 e. The molecule has 2 unspecified atom stereocenters. The molecule has 5 aromatic rings. The molecule has 0 bridgehead atoms. The highest BCUT2D eigenvalue weighted by Gasteiger charge is 2.38. The van der Waals surface area contributed by atoms with Crippen LogP contribution in [-0.4, -0.2) is 118 Å².